The Morgan fingerprint density at radius 3 is 2.73 bits per heavy atom. The molecule has 3 unspecified atom stereocenters. The lowest BCUT2D eigenvalue weighted by Gasteiger charge is -2.59. The van der Waals surface area contributed by atoms with Gasteiger partial charge < -0.3 is 19.4 Å². The molecule has 0 bridgehead atoms. The van der Waals surface area contributed by atoms with Crippen LogP contribution in [0, 0.1) is 29.6 Å². The number of rotatable bonds is 4. The Morgan fingerprint density at radius 1 is 1.24 bits per heavy atom. The maximum Gasteiger partial charge on any atom is 0.303 e. The van der Waals surface area contributed by atoms with Gasteiger partial charge in [-0.3, -0.25) is 9.59 Å². The molecule has 2 heterocycles. The predicted octanol–water partition coefficient (Wildman–Crippen LogP) is 4.54. The van der Waals surface area contributed by atoms with E-state index in [0.717, 1.165) is 37.2 Å². The Balaban J connectivity index is 1.47. The predicted molar refractivity (Wildman–Crippen MR) is 120 cm³/mol. The number of carbonyl (C=O) groups excluding carboxylic acids is 1. The Morgan fingerprint density at radius 2 is 2.03 bits per heavy atom. The van der Waals surface area contributed by atoms with Gasteiger partial charge in [0.15, 0.2) is 5.78 Å². The molecule has 4 fully saturated rings. The molecule has 0 aromatic carbocycles. The van der Waals surface area contributed by atoms with Crippen LogP contribution in [0.5, 0.6) is 0 Å². The van der Waals surface area contributed by atoms with E-state index in [1.807, 2.05) is 19.1 Å². The van der Waals surface area contributed by atoms with Crippen molar-refractivity contribution < 1.29 is 29.0 Å². The maximum atomic E-state index is 12.4. The van der Waals surface area contributed by atoms with Gasteiger partial charge in [-0.05, 0) is 69.6 Å². The van der Waals surface area contributed by atoms with E-state index >= 15 is 0 Å². The molecule has 8 atom stereocenters. The van der Waals surface area contributed by atoms with Crippen molar-refractivity contribution in [3.05, 3.63) is 35.3 Å². The molecular formula is C27H34O6. The molecule has 4 aliphatic carbocycles. The molecule has 1 aromatic heterocycles. The minimum absolute atomic E-state index is 0.0127. The molecule has 6 nitrogen and oxygen atoms in total. The van der Waals surface area contributed by atoms with Gasteiger partial charge in [0.25, 0.3) is 0 Å². The average Bonchev–Trinajstić information content (AvgIpc) is 3.21. The normalized spacial score (nSPS) is 47.8. The molecule has 0 amide bonds. The van der Waals surface area contributed by atoms with Gasteiger partial charge in [-0.25, -0.2) is 0 Å². The molecule has 178 valence electrons. The number of ketones is 1. The third kappa shape index (κ3) is 2.62. The summed E-state index contributed by atoms with van der Waals surface area (Å²) in [7, 11) is 0. The summed E-state index contributed by atoms with van der Waals surface area (Å²) < 4.78 is 12.9. The van der Waals surface area contributed by atoms with Crippen LogP contribution in [0.2, 0.25) is 0 Å². The highest BCUT2D eigenvalue weighted by Crippen LogP contribution is 2.78. The number of aryl methyl sites for hydroxylation is 1. The molecule has 3 saturated carbocycles. The lowest BCUT2D eigenvalue weighted by molar-refractivity contribution is -0.144. The summed E-state index contributed by atoms with van der Waals surface area (Å²) >= 11 is 0. The molecule has 5 aliphatic rings. The van der Waals surface area contributed by atoms with Crippen LogP contribution in [-0.2, 0) is 14.3 Å². The second-order valence-corrected chi connectivity index (χ2v) is 11.8. The van der Waals surface area contributed by atoms with E-state index in [-0.39, 0.29) is 53.5 Å². The quantitative estimate of drug-likeness (QED) is 0.648. The van der Waals surface area contributed by atoms with Crippen LogP contribution in [0.4, 0.5) is 0 Å². The number of carboxylic acid groups (broad SMARTS) is 1. The zero-order valence-corrected chi connectivity index (χ0v) is 19.7. The topological polar surface area (TPSA) is 100 Å². The summed E-state index contributed by atoms with van der Waals surface area (Å²) in [4.78, 5) is 23.8. The standard InChI is InChI=1S/C27H34O6/c1-15-4-5-20(32-15)18-13-16-12-17(28)6-9-24(16,2)27-21(33-27)14-25(3)19(23(18)27)7-10-26(25,31)11-8-22(29)30/h4-5,12,18-19,21,23,31H,6-11,13-14H2,1-3H3,(H,29,30)/t18?,19-,21?,23-,24-,25-,26-,27?/m0/s1. The van der Waals surface area contributed by atoms with Crippen LogP contribution in [0.1, 0.15) is 82.7 Å². The van der Waals surface area contributed by atoms with Crippen LogP contribution < -0.4 is 0 Å². The van der Waals surface area contributed by atoms with Crippen molar-refractivity contribution in [2.45, 2.75) is 95.4 Å². The average molecular weight is 455 g/mol. The molecule has 2 N–H and O–H groups in total. The SMILES string of the molecule is Cc1ccc(C2CC3=CC(=O)CC[C@]3(C)C34OC3C[C@@]3(C)[C@@H](CC[C@]3(O)CCC(=O)O)[C@H]24)o1. The van der Waals surface area contributed by atoms with Crippen molar-refractivity contribution in [1.29, 1.82) is 0 Å². The summed E-state index contributed by atoms with van der Waals surface area (Å²) in [5.74, 6) is 1.62. The van der Waals surface area contributed by atoms with E-state index in [2.05, 4.69) is 19.9 Å². The van der Waals surface area contributed by atoms with Crippen molar-refractivity contribution in [3.8, 4) is 0 Å². The van der Waals surface area contributed by atoms with Crippen LogP contribution in [-0.4, -0.2) is 39.3 Å². The minimum atomic E-state index is -1.00. The van der Waals surface area contributed by atoms with E-state index in [0.29, 0.717) is 12.8 Å². The van der Waals surface area contributed by atoms with Gasteiger partial charge in [-0.2, -0.15) is 0 Å². The van der Waals surface area contributed by atoms with Crippen molar-refractivity contribution >= 4 is 11.8 Å². The number of epoxide rings is 1. The van der Waals surface area contributed by atoms with Crippen LogP contribution in [0.25, 0.3) is 0 Å². The maximum absolute atomic E-state index is 12.4. The van der Waals surface area contributed by atoms with Gasteiger partial charge in [0.05, 0.1) is 11.7 Å². The number of furan rings is 1. The molecule has 1 aromatic rings. The Hall–Kier alpha value is -1.92. The molecule has 1 saturated heterocycles. The molecule has 1 aliphatic heterocycles. The summed E-state index contributed by atoms with van der Waals surface area (Å²) in [6.07, 6.45) is 6.52. The number of fused-ring (bicyclic) bond motifs is 3. The Kier molecular flexibility index (Phi) is 4.32. The second-order valence-electron chi connectivity index (χ2n) is 11.8. The molecule has 6 rings (SSSR count). The lowest BCUT2D eigenvalue weighted by atomic mass is 9.43. The monoisotopic (exact) mass is 454 g/mol. The minimum Gasteiger partial charge on any atom is -0.481 e. The summed E-state index contributed by atoms with van der Waals surface area (Å²) in [5.41, 5.74) is -0.737. The number of carbonyl (C=O) groups is 2. The number of aliphatic carboxylic acids is 1. The first kappa shape index (κ1) is 21.6. The third-order valence-corrected chi connectivity index (χ3v) is 10.6. The van der Waals surface area contributed by atoms with E-state index in [4.69, 9.17) is 9.15 Å². The van der Waals surface area contributed by atoms with Crippen LogP contribution >= 0.6 is 0 Å². The highest BCUT2D eigenvalue weighted by Gasteiger charge is 2.82. The molecule has 1 spiro atoms. The van der Waals surface area contributed by atoms with Crippen molar-refractivity contribution in [2.24, 2.45) is 22.7 Å². The first-order valence-corrected chi connectivity index (χ1v) is 12.5. The highest BCUT2D eigenvalue weighted by atomic mass is 16.6. The summed E-state index contributed by atoms with van der Waals surface area (Å²) in [5, 5.41) is 21.1. The Bertz CT molecular complexity index is 1070. The number of hydrogen-bond acceptors (Lipinski definition) is 5. The number of carboxylic acids is 1. The van der Waals surface area contributed by atoms with Gasteiger partial charge in [0.2, 0.25) is 0 Å². The second kappa shape index (κ2) is 6.60. The molecular weight excluding hydrogens is 420 g/mol. The van der Waals surface area contributed by atoms with Gasteiger partial charge in [0.1, 0.15) is 17.1 Å². The van der Waals surface area contributed by atoms with E-state index < -0.39 is 17.0 Å². The van der Waals surface area contributed by atoms with Crippen molar-refractivity contribution in [1.82, 2.24) is 0 Å². The van der Waals surface area contributed by atoms with E-state index in [1.165, 1.54) is 5.57 Å². The van der Waals surface area contributed by atoms with Gasteiger partial charge in [0, 0.05) is 35.5 Å². The van der Waals surface area contributed by atoms with Gasteiger partial charge in [-0.15, -0.1) is 0 Å². The third-order valence-electron chi connectivity index (χ3n) is 10.6. The highest BCUT2D eigenvalue weighted by molar-refractivity contribution is 5.92. The molecule has 0 radical (unpaired) electrons. The zero-order chi connectivity index (χ0) is 23.4. The van der Waals surface area contributed by atoms with E-state index in [9.17, 15) is 19.8 Å². The van der Waals surface area contributed by atoms with Crippen molar-refractivity contribution in [3.63, 3.8) is 0 Å². The first-order valence-electron chi connectivity index (χ1n) is 12.5. The number of ether oxygens (including phenoxy) is 1. The zero-order valence-electron chi connectivity index (χ0n) is 19.7. The molecule has 33 heavy (non-hydrogen) atoms. The lowest BCUT2D eigenvalue weighted by Crippen LogP contribution is -2.61. The van der Waals surface area contributed by atoms with Crippen LogP contribution in [0.15, 0.2) is 28.2 Å². The fourth-order valence-corrected chi connectivity index (χ4v) is 8.77. The first-order chi connectivity index (χ1) is 15.5. The van der Waals surface area contributed by atoms with Crippen LogP contribution in [0.3, 0.4) is 0 Å². The fraction of sp³-hybridized carbons (Fsp3) is 0.704. The van der Waals surface area contributed by atoms with Crippen molar-refractivity contribution in [2.75, 3.05) is 0 Å². The number of hydrogen-bond donors (Lipinski definition) is 2. The molecule has 6 heteroatoms. The van der Waals surface area contributed by atoms with Gasteiger partial charge >= 0.3 is 5.97 Å². The smallest absolute Gasteiger partial charge is 0.303 e. The Labute approximate surface area is 194 Å². The van der Waals surface area contributed by atoms with Gasteiger partial charge in [-0.1, -0.05) is 19.4 Å². The summed E-state index contributed by atoms with van der Waals surface area (Å²) in [6, 6.07) is 4.07. The fourth-order valence-electron chi connectivity index (χ4n) is 8.77. The van der Waals surface area contributed by atoms with E-state index in [1.54, 1.807) is 0 Å². The number of aliphatic hydroxyl groups is 1. The summed E-state index contributed by atoms with van der Waals surface area (Å²) in [6.45, 7) is 6.41. The largest absolute Gasteiger partial charge is 0.481 e.